The Morgan fingerprint density at radius 3 is 2.24 bits per heavy atom. The van der Waals surface area contributed by atoms with Crippen LogP contribution in [0, 0.1) is 6.92 Å². The first-order valence-corrected chi connectivity index (χ1v) is 10.8. The third-order valence-electron chi connectivity index (χ3n) is 3.89. The monoisotopic (exact) mass is 431 g/mol. The van der Waals surface area contributed by atoms with Crippen molar-refractivity contribution >= 4 is 46.1 Å². The summed E-state index contributed by atoms with van der Waals surface area (Å²) < 4.78 is 10.8. The highest BCUT2D eigenvalue weighted by Gasteiger charge is 2.18. The van der Waals surface area contributed by atoms with Crippen molar-refractivity contribution in [2.45, 2.75) is 43.0 Å². The van der Waals surface area contributed by atoms with Crippen LogP contribution < -0.4 is 0 Å². The third kappa shape index (κ3) is 5.51. The molecule has 0 atom stereocenters. The van der Waals surface area contributed by atoms with Crippen LogP contribution in [0.3, 0.4) is 0 Å². The maximum Gasteiger partial charge on any atom is 0.311 e. The van der Waals surface area contributed by atoms with Crippen molar-refractivity contribution in [2.24, 2.45) is 0 Å². The van der Waals surface area contributed by atoms with Crippen LogP contribution in [-0.4, -0.2) is 40.1 Å². The molecule has 0 saturated carbocycles. The van der Waals surface area contributed by atoms with Crippen molar-refractivity contribution in [3.63, 3.8) is 0 Å². The summed E-state index contributed by atoms with van der Waals surface area (Å²) >= 11 is 2.76. The molecule has 2 aromatic heterocycles. The lowest BCUT2D eigenvalue weighted by Crippen LogP contribution is -2.10. The summed E-state index contributed by atoms with van der Waals surface area (Å²) in [5.41, 5.74) is 2.79. The van der Waals surface area contributed by atoms with Crippen LogP contribution in [-0.2, 0) is 31.9 Å². The van der Waals surface area contributed by atoms with Gasteiger partial charge >= 0.3 is 11.9 Å². The van der Waals surface area contributed by atoms with Gasteiger partial charge in [-0.05, 0) is 44.7 Å². The number of hydrogen-bond donors (Lipinski definition) is 0. The van der Waals surface area contributed by atoms with E-state index in [0.29, 0.717) is 23.9 Å². The van der Waals surface area contributed by atoms with Gasteiger partial charge in [0.2, 0.25) is 0 Å². The summed E-state index contributed by atoms with van der Waals surface area (Å²) in [6, 6.07) is 7.50. The molecule has 0 aliphatic heterocycles. The molecule has 0 unspecified atom stereocenters. The Morgan fingerprint density at radius 1 is 0.966 bits per heavy atom. The zero-order chi connectivity index (χ0) is 20.8. The number of hydrogen-bond acceptors (Lipinski definition) is 9. The van der Waals surface area contributed by atoms with Crippen LogP contribution in [0.25, 0.3) is 11.0 Å². The van der Waals surface area contributed by atoms with Crippen molar-refractivity contribution in [3.8, 4) is 0 Å². The summed E-state index contributed by atoms with van der Waals surface area (Å²) in [7, 11) is 0. The average molecular weight is 432 g/mol. The Hall–Kier alpha value is -2.52. The Kier molecular flexibility index (Phi) is 7.16. The molecule has 0 spiro atoms. The second-order valence-electron chi connectivity index (χ2n) is 6.02. The van der Waals surface area contributed by atoms with E-state index >= 15 is 0 Å². The Balaban J connectivity index is 1.90. The van der Waals surface area contributed by atoms with Gasteiger partial charge < -0.3 is 9.47 Å². The van der Waals surface area contributed by atoms with Crippen molar-refractivity contribution < 1.29 is 19.1 Å². The number of benzene rings is 1. The van der Waals surface area contributed by atoms with Gasteiger partial charge in [0.25, 0.3) is 0 Å². The molecule has 0 bridgehead atoms. The van der Waals surface area contributed by atoms with Crippen LogP contribution in [0.5, 0.6) is 0 Å². The molecule has 0 N–H and O–H groups in total. The maximum absolute atomic E-state index is 12.0. The first-order valence-electron chi connectivity index (χ1n) is 9.21. The largest absolute Gasteiger partial charge is 0.466 e. The third-order valence-corrected chi connectivity index (χ3v) is 6.13. The van der Waals surface area contributed by atoms with Gasteiger partial charge in [-0.2, -0.15) is 0 Å². The molecule has 0 saturated heterocycles. The second-order valence-corrected chi connectivity index (χ2v) is 8.34. The molecule has 0 aliphatic rings. The predicted octanol–water partition coefficient (Wildman–Crippen LogP) is 3.76. The molecular formula is C20H21N3O4S2. The summed E-state index contributed by atoms with van der Waals surface area (Å²) in [5, 5.41) is 0.605. The van der Waals surface area contributed by atoms with E-state index in [-0.39, 0.29) is 24.8 Å². The number of thiazole rings is 1. The van der Waals surface area contributed by atoms with Crippen LogP contribution in [0.15, 0.2) is 33.6 Å². The molecule has 9 heteroatoms. The highest BCUT2D eigenvalue weighted by atomic mass is 32.2. The Morgan fingerprint density at radius 2 is 1.59 bits per heavy atom. The second kappa shape index (κ2) is 9.80. The summed E-state index contributed by atoms with van der Waals surface area (Å²) in [6.45, 7) is 6.07. The summed E-state index contributed by atoms with van der Waals surface area (Å²) in [5.74, 6) is -0.624. The average Bonchev–Trinajstić information content (AvgIpc) is 3.01. The van der Waals surface area contributed by atoms with Crippen LogP contribution in [0.1, 0.15) is 30.1 Å². The van der Waals surface area contributed by atoms with E-state index in [1.807, 2.05) is 31.2 Å². The molecular weight excluding hydrogens is 410 g/mol. The highest BCUT2D eigenvalue weighted by molar-refractivity contribution is 8.01. The minimum atomic E-state index is -0.350. The number of nitrogens with zero attached hydrogens (tertiary/aromatic N) is 3. The van der Waals surface area contributed by atoms with E-state index in [2.05, 4.69) is 15.0 Å². The van der Waals surface area contributed by atoms with E-state index in [4.69, 9.17) is 9.47 Å². The molecule has 3 rings (SSSR count). The van der Waals surface area contributed by atoms with E-state index in [9.17, 15) is 9.59 Å². The molecule has 0 radical (unpaired) electrons. The maximum atomic E-state index is 12.0. The van der Waals surface area contributed by atoms with Gasteiger partial charge in [0.1, 0.15) is 5.03 Å². The smallest absolute Gasteiger partial charge is 0.311 e. The lowest BCUT2D eigenvalue weighted by atomic mass is 10.2. The number of aryl methyl sites for hydroxylation is 1. The number of ether oxygens (including phenoxy) is 2. The zero-order valence-electron chi connectivity index (χ0n) is 16.4. The van der Waals surface area contributed by atoms with Crippen molar-refractivity contribution in [1.82, 2.24) is 15.0 Å². The topological polar surface area (TPSA) is 91.3 Å². The highest BCUT2D eigenvalue weighted by Crippen LogP contribution is 2.34. The van der Waals surface area contributed by atoms with Gasteiger partial charge in [-0.1, -0.05) is 12.1 Å². The van der Waals surface area contributed by atoms with Gasteiger partial charge in [0.15, 0.2) is 4.34 Å². The number of fused-ring (bicyclic) bond motifs is 1. The van der Waals surface area contributed by atoms with Crippen molar-refractivity contribution in [2.75, 3.05) is 13.2 Å². The molecule has 0 fully saturated rings. The van der Waals surface area contributed by atoms with E-state index in [1.54, 1.807) is 13.8 Å². The number of aromatic nitrogens is 3. The minimum absolute atomic E-state index is 0.0358. The standard InChI is InChI=1S/C20H21N3O4S2/c1-4-26-17(24)10-15-19(23-14-9-7-6-8-13(14)22-15)29-20-21-12(3)16(28-20)11-18(25)27-5-2/h6-9H,4-5,10-11H2,1-3H3. The van der Waals surface area contributed by atoms with Gasteiger partial charge in [0, 0.05) is 4.88 Å². The fourth-order valence-electron chi connectivity index (χ4n) is 2.60. The number of para-hydroxylation sites is 2. The minimum Gasteiger partial charge on any atom is -0.466 e. The Bertz CT molecular complexity index is 1040. The fraction of sp³-hybridized carbons (Fsp3) is 0.350. The molecule has 0 amide bonds. The van der Waals surface area contributed by atoms with Crippen LogP contribution in [0.4, 0.5) is 0 Å². The fourth-order valence-corrected chi connectivity index (χ4v) is 4.81. The van der Waals surface area contributed by atoms with Crippen molar-refractivity contribution in [3.05, 3.63) is 40.5 Å². The number of rotatable bonds is 8. The Labute approximate surface area is 176 Å². The number of carbonyl (C=O) groups is 2. The lowest BCUT2D eigenvalue weighted by Gasteiger charge is -2.08. The van der Waals surface area contributed by atoms with Gasteiger partial charge in [-0.15, -0.1) is 11.3 Å². The van der Waals surface area contributed by atoms with E-state index in [1.165, 1.54) is 23.1 Å². The molecule has 152 valence electrons. The first-order chi connectivity index (χ1) is 14.0. The summed E-state index contributed by atoms with van der Waals surface area (Å²) in [4.78, 5) is 38.5. The van der Waals surface area contributed by atoms with E-state index in [0.717, 1.165) is 25.9 Å². The summed E-state index contributed by atoms with van der Waals surface area (Å²) in [6.07, 6.45) is 0.227. The molecule has 0 aliphatic carbocycles. The molecule has 1 aromatic carbocycles. The molecule has 3 aromatic rings. The molecule has 7 nitrogen and oxygen atoms in total. The predicted molar refractivity (Wildman–Crippen MR) is 111 cm³/mol. The van der Waals surface area contributed by atoms with Crippen LogP contribution in [0.2, 0.25) is 0 Å². The quantitative estimate of drug-likeness (QED) is 0.498. The van der Waals surface area contributed by atoms with Gasteiger partial charge in [0.05, 0.1) is 48.5 Å². The van der Waals surface area contributed by atoms with Gasteiger partial charge in [-0.3, -0.25) is 9.59 Å². The van der Waals surface area contributed by atoms with Gasteiger partial charge in [-0.25, -0.2) is 15.0 Å². The molecule has 2 heterocycles. The van der Waals surface area contributed by atoms with Crippen LogP contribution >= 0.6 is 23.1 Å². The lowest BCUT2D eigenvalue weighted by molar-refractivity contribution is -0.143. The van der Waals surface area contributed by atoms with E-state index < -0.39 is 0 Å². The zero-order valence-corrected chi connectivity index (χ0v) is 18.1. The SMILES string of the molecule is CCOC(=O)Cc1nc2ccccc2nc1Sc1nc(C)c(CC(=O)OCC)s1. The molecule has 29 heavy (non-hydrogen) atoms. The number of esters is 2. The first kappa shape index (κ1) is 21.2. The number of carbonyl (C=O) groups excluding carboxylic acids is 2. The normalized spacial score (nSPS) is 10.9. The van der Waals surface area contributed by atoms with Crippen molar-refractivity contribution in [1.29, 1.82) is 0 Å².